The van der Waals surface area contributed by atoms with E-state index in [2.05, 4.69) is 37.6 Å². The molecule has 0 aliphatic heterocycles. The van der Waals surface area contributed by atoms with Gasteiger partial charge in [0.1, 0.15) is 24.7 Å². The third-order valence-corrected chi connectivity index (χ3v) is 7.21. The summed E-state index contributed by atoms with van der Waals surface area (Å²) in [7, 11) is 0. The van der Waals surface area contributed by atoms with E-state index in [1.807, 2.05) is 109 Å². The number of ether oxygens (including phenoxy) is 2. The van der Waals surface area contributed by atoms with Gasteiger partial charge in [-0.15, -0.1) is 0 Å². The van der Waals surface area contributed by atoms with E-state index in [4.69, 9.17) is 9.47 Å². The summed E-state index contributed by atoms with van der Waals surface area (Å²) in [4.78, 5) is 24.7. The van der Waals surface area contributed by atoms with Crippen LogP contribution in [0.1, 0.15) is 36.1 Å². The van der Waals surface area contributed by atoms with Crippen LogP contribution in [0, 0.1) is 0 Å². The van der Waals surface area contributed by atoms with Gasteiger partial charge < -0.3 is 20.1 Å². The van der Waals surface area contributed by atoms with E-state index in [1.165, 1.54) is 0 Å². The van der Waals surface area contributed by atoms with E-state index in [-0.39, 0.29) is 30.4 Å². The third-order valence-electron chi connectivity index (χ3n) is 7.21. The predicted molar refractivity (Wildman–Crippen MR) is 171 cm³/mol. The standard InChI is InChI=1S/C37H38N2O4/c1-27(35(40)38-23-29-11-7-5-8-12-29)25-42-33-19-15-31(16-20-33)37(3,4)32-17-21-34(22-18-32)43-26-28(2)36(41)39-24-30-13-9-6-10-14-30/h5-22H,1-2,23-26H2,3-4H3,(H,38,40)(H,39,41). The van der Waals surface area contributed by atoms with E-state index < -0.39 is 0 Å². The fourth-order valence-electron chi connectivity index (χ4n) is 4.38. The van der Waals surface area contributed by atoms with Gasteiger partial charge in [0.15, 0.2) is 0 Å². The average molecular weight is 575 g/mol. The fraction of sp³-hybridized carbons (Fsp3) is 0.189. The van der Waals surface area contributed by atoms with Gasteiger partial charge in [0.25, 0.3) is 0 Å². The molecule has 0 atom stereocenters. The van der Waals surface area contributed by atoms with E-state index >= 15 is 0 Å². The van der Waals surface area contributed by atoms with Crippen LogP contribution >= 0.6 is 0 Å². The highest BCUT2D eigenvalue weighted by Gasteiger charge is 2.23. The Kier molecular flexibility index (Phi) is 10.5. The summed E-state index contributed by atoms with van der Waals surface area (Å²) < 4.78 is 11.6. The number of nitrogens with one attached hydrogen (secondary N) is 2. The van der Waals surface area contributed by atoms with Crippen LogP contribution in [0.25, 0.3) is 0 Å². The van der Waals surface area contributed by atoms with Crippen LogP contribution in [-0.4, -0.2) is 25.0 Å². The Morgan fingerprint density at radius 1 is 0.581 bits per heavy atom. The van der Waals surface area contributed by atoms with Gasteiger partial charge in [0.05, 0.1) is 0 Å². The van der Waals surface area contributed by atoms with Crippen molar-refractivity contribution in [3.05, 3.63) is 156 Å². The Morgan fingerprint density at radius 2 is 0.930 bits per heavy atom. The Morgan fingerprint density at radius 3 is 1.28 bits per heavy atom. The minimum absolute atomic E-state index is 0.103. The summed E-state index contributed by atoms with van der Waals surface area (Å²) in [6.45, 7) is 13.1. The fourth-order valence-corrected chi connectivity index (χ4v) is 4.38. The van der Waals surface area contributed by atoms with Crippen molar-refractivity contribution in [2.24, 2.45) is 0 Å². The molecule has 0 aliphatic carbocycles. The Labute approximate surface area is 254 Å². The minimum atomic E-state index is -0.279. The lowest BCUT2D eigenvalue weighted by Gasteiger charge is -2.26. The normalized spacial score (nSPS) is 10.8. The second-order valence-corrected chi connectivity index (χ2v) is 10.8. The molecule has 6 heteroatoms. The number of amides is 2. The van der Waals surface area contributed by atoms with Crippen LogP contribution in [0.4, 0.5) is 0 Å². The Bertz CT molecular complexity index is 1410. The summed E-state index contributed by atoms with van der Waals surface area (Å²) in [6.07, 6.45) is 0. The Hall–Kier alpha value is -5.10. The molecule has 4 rings (SSSR count). The first-order chi connectivity index (χ1) is 20.7. The molecule has 0 unspecified atom stereocenters. The largest absolute Gasteiger partial charge is 0.489 e. The maximum absolute atomic E-state index is 12.4. The van der Waals surface area contributed by atoms with Gasteiger partial charge in [-0.2, -0.15) is 0 Å². The first-order valence-electron chi connectivity index (χ1n) is 14.2. The topological polar surface area (TPSA) is 76.7 Å². The lowest BCUT2D eigenvalue weighted by atomic mass is 9.78. The molecular formula is C37H38N2O4. The summed E-state index contributed by atoms with van der Waals surface area (Å²) in [5.74, 6) is 0.857. The third kappa shape index (κ3) is 8.94. The maximum atomic E-state index is 12.4. The van der Waals surface area contributed by atoms with Gasteiger partial charge in [-0.3, -0.25) is 9.59 Å². The summed E-state index contributed by atoms with van der Waals surface area (Å²) in [5, 5.41) is 5.73. The zero-order chi connectivity index (χ0) is 30.7. The monoisotopic (exact) mass is 574 g/mol. The van der Waals surface area contributed by atoms with Crippen molar-refractivity contribution in [2.45, 2.75) is 32.4 Å². The van der Waals surface area contributed by atoms with Gasteiger partial charge in [-0.05, 0) is 46.5 Å². The first kappa shape index (κ1) is 30.8. The second-order valence-electron chi connectivity index (χ2n) is 10.8. The van der Waals surface area contributed by atoms with Crippen molar-refractivity contribution >= 4 is 11.8 Å². The lowest BCUT2D eigenvalue weighted by Crippen LogP contribution is -2.26. The number of carbonyl (C=O) groups excluding carboxylic acids is 2. The maximum Gasteiger partial charge on any atom is 0.250 e. The average Bonchev–Trinajstić information content (AvgIpc) is 3.05. The zero-order valence-electron chi connectivity index (χ0n) is 24.8. The van der Waals surface area contributed by atoms with Gasteiger partial charge in [-0.25, -0.2) is 0 Å². The highest BCUT2D eigenvalue weighted by molar-refractivity contribution is 5.93. The number of hydrogen-bond acceptors (Lipinski definition) is 4. The van der Waals surface area contributed by atoms with Crippen molar-refractivity contribution in [3.63, 3.8) is 0 Å². The molecule has 4 aromatic carbocycles. The lowest BCUT2D eigenvalue weighted by molar-refractivity contribution is -0.118. The molecule has 0 saturated carbocycles. The molecule has 220 valence electrons. The van der Waals surface area contributed by atoms with Crippen LogP contribution in [0.2, 0.25) is 0 Å². The molecule has 2 amide bonds. The van der Waals surface area contributed by atoms with Gasteiger partial charge in [-0.1, -0.05) is 112 Å². The molecule has 0 fully saturated rings. The summed E-state index contributed by atoms with van der Waals surface area (Å²) in [6, 6.07) is 35.1. The number of rotatable bonds is 14. The summed E-state index contributed by atoms with van der Waals surface area (Å²) in [5.41, 5.74) is 4.70. The molecule has 0 spiro atoms. The smallest absolute Gasteiger partial charge is 0.250 e. The minimum Gasteiger partial charge on any atom is -0.489 e. The molecule has 0 radical (unpaired) electrons. The molecule has 0 aromatic heterocycles. The molecule has 43 heavy (non-hydrogen) atoms. The van der Waals surface area contributed by atoms with Crippen LogP contribution in [0.3, 0.4) is 0 Å². The number of carbonyl (C=O) groups is 2. The highest BCUT2D eigenvalue weighted by atomic mass is 16.5. The van der Waals surface area contributed by atoms with Crippen molar-refractivity contribution in [1.29, 1.82) is 0 Å². The van der Waals surface area contributed by atoms with Gasteiger partial charge in [0.2, 0.25) is 11.8 Å². The molecule has 6 nitrogen and oxygen atoms in total. The molecule has 0 heterocycles. The quantitative estimate of drug-likeness (QED) is 0.168. The van der Waals surface area contributed by atoms with E-state index in [9.17, 15) is 9.59 Å². The number of hydrogen-bond donors (Lipinski definition) is 2. The van der Waals surface area contributed by atoms with Crippen molar-refractivity contribution in [3.8, 4) is 11.5 Å². The molecule has 0 bridgehead atoms. The van der Waals surface area contributed by atoms with Crippen LogP contribution in [-0.2, 0) is 28.1 Å². The van der Waals surface area contributed by atoms with Crippen LogP contribution in [0.5, 0.6) is 11.5 Å². The second kappa shape index (κ2) is 14.7. The molecular weight excluding hydrogens is 536 g/mol. The molecule has 2 N–H and O–H groups in total. The zero-order valence-corrected chi connectivity index (χ0v) is 24.8. The van der Waals surface area contributed by atoms with Crippen LogP contribution < -0.4 is 20.1 Å². The number of benzene rings is 4. The molecule has 0 saturated heterocycles. The summed E-state index contributed by atoms with van der Waals surface area (Å²) >= 11 is 0. The first-order valence-corrected chi connectivity index (χ1v) is 14.2. The van der Waals surface area contributed by atoms with Crippen LogP contribution in [0.15, 0.2) is 133 Å². The van der Waals surface area contributed by atoms with Gasteiger partial charge in [0, 0.05) is 29.7 Å². The molecule has 0 aliphatic rings. The van der Waals surface area contributed by atoms with Gasteiger partial charge >= 0.3 is 0 Å². The van der Waals surface area contributed by atoms with Crippen molar-refractivity contribution in [2.75, 3.05) is 13.2 Å². The van der Waals surface area contributed by atoms with Crippen molar-refractivity contribution in [1.82, 2.24) is 10.6 Å². The van der Waals surface area contributed by atoms with E-state index in [0.717, 1.165) is 22.3 Å². The van der Waals surface area contributed by atoms with Crippen molar-refractivity contribution < 1.29 is 19.1 Å². The molecule has 4 aromatic rings. The van der Waals surface area contributed by atoms with E-state index in [0.29, 0.717) is 35.7 Å². The SMILES string of the molecule is C=C(COc1ccc(C(C)(C)c2ccc(OCC(=C)C(=O)NCc3ccccc3)cc2)cc1)C(=O)NCc1ccccc1. The Balaban J connectivity index is 1.24. The predicted octanol–water partition coefficient (Wildman–Crippen LogP) is 6.52. The van der Waals surface area contributed by atoms with E-state index in [1.54, 1.807) is 0 Å². The highest BCUT2D eigenvalue weighted by Crippen LogP contribution is 2.33.